The van der Waals surface area contributed by atoms with Crippen LogP contribution in [0.3, 0.4) is 0 Å². The van der Waals surface area contributed by atoms with Crippen molar-refractivity contribution in [2.75, 3.05) is 5.32 Å². The van der Waals surface area contributed by atoms with Crippen LogP contribution in [0.1, 0.15) is 45.4 Å². The van der Waals surface area contributed by atoms with E-state index in [2.05, 4.69) is 34.6 Å². The topological polar surface area (TPSA) is 37.8 Å². The van der Waals surface area contributed by atoms with Gasteiger partial charge in [-0.1, -0.05) is 38.0 Å². The predicted molar refractivity (Wildman–Crippen MR) is 83.8 cm³/mol. The van der Waals surface area contributed by atoms with E-state index in [0.717, 1.165) is 17.1 Å². The molecule has 0 atom stereocenters. The smallest absolute Gasteiger partial charge is 0.0950 e. The Hall–Kier alpha value is -1.64. The van der Waals surface area contributed by atoms with Crippen LogP contribution in [0.15, 0.2) is 30.5 Å². The number of fused-ring (bicyclic) bond motifs is 1. The van der Waals surface area contributed by atoms with E-state index in [1.54, 1.807) is 0 Å². The summed E-state index contributed by atoms with van der Waals surface area (Å²) in [4.78, 5) is 0. The van der Waals surface area contributed by atoms with Gasteiger partial charge in [0, 0.05) is 11.4 Å². The van der Waals surface area contributed by atoms with Gasteiger partial charge in [-0.15, -0.1) is 0 Å². The first kappa shape index (κ1) is 13.3. The number of nitrogens with zero attached hydrogens (tertiary/aromatic N) is 2. The van der Waals surface area contributed by atoms with Crippen molar-refractivity contribution in [2.45, 2.75) is 51.5 Å². The SMILES string of the molecule is CCCC1CCC(Nc2cnnc3ccccc23)CC1. The molecule has 0 spiro atoms. The molecule has 1 aliphatic carbocycles. The van der Waals surface area contributed by atoms with Crippen LogP contribution >= 0.6 is 0 Å². The van der Waals surface area contributed by atoms with E-state index in [4.69, 9.17) is 0 Å². The Balaban J connectivity index is 1.68. The van der Waals surface area contributed by atoms with Crippen molar-refractivity contribution in [1.82, 2.24) is 10.2 Å². The van der Waals surface area contributed by atoms with Crippen LogP contribution in [0.4, 0.5) is 5.69 Å². The molecule has 2 aromatic rings. The number of rotatable bonds is 4. The number of nitrogens with one attached hydrogen (secondary N) is 1. The highest BCUT2D eigenvalue weighted by molar-refractivity contribution is 5.90. The van der Waals surface area contributed by atoms with Gasteiger partial charge < -0.3 is 5.32 Å². The van der Waals surface area contributed by atoms with Crippen LogP contribution in [0.2, 0.25) is 0 Å². The summed E-state index contributed by atoms with van der Waals surface area (Å²) in [5, 5.41) is 13.2. The largest absolute Gasteiger partial charge is 0.380 e. The number of hydrogen-bond donors (Lipinski definition) is 1. The van der Waals surface area contributed by atoms with Crippen LogP contribution in [0.5, 0.6) is 0 Å². The molecule has 0 radical (unpaired) electrons. The van der Waals surface area contributed by atoms with Crippen molar-refractivity contribution in [3.05, 3.63) is 30.5 Å². The van der Waals surface area contributed by atoms with Gasteiger partial charge in [-0.25, -0.2) is 0 Å². The van der Waals surface area contributed by atoms with E-state index < -0.39 is 0 Å². The van der Waals surface area contributed by atoms with Gasteiger partial charge in [0.25, 0.3) is 0 Å². The minimum Gasteiger partial charge on any atom is -0.380 e. The summed E-state index contributed by atoms with van der Waals surface area (Å²) in [5.74, 6) is 0.949. The summed E-state index contributed by atoms with van der Waals surface area (Å²) in [6.45, 7) is 2.29. The molecule has 1 aromatic heterocycles. The summed E-state index contributed by atoms with van der Waals surface area (Å²) in [6.07, 6.45) is 9.86. The Morgan fingerprint density at radius 2 is 1.95 bits per heavy atom. The van der Waals surface area contributed by atoms with Crippen LogP contribution in [0.25, 0.3) is 10.9 Å². The average molecular weight is 269 g/mol. The maximum Gasteiger partial charge on any atom is 0.0950 e. The third-order valence-corrected chi connectivity index (χ3v) is 4.45. The molecule has 1 saturated carbocycles. The van der Waals surface area contributed by atoms with E-state index in [0.29, 0.717) is 6.04 Å². The highest BCUT2D eigenvalue weighted by Crippen LogP contribution is 2.30. The fourth-order valence-electron chi connectivity index (χ4n) is 3.35. The van der Waals surface area contributed by atoms with Gasteiger partial charge in [0.2, 0.25) is 0 Å². The molecule has 0 saturated heterocycles. The summed E-state index contributed by atoms with van der Waals surface area (Å²) >= 11 is 0. The zero-order valence-corrected chi connectivity index (χ0v) is 12.2. The molecule has 3 rings (SSSR count). The molecule has 0 amide bonds. The normalized spacial score (nSPS) is 22.9. The summed E-state index contributed by atoms with van der Waals surface area (Å²) in [6, 6.07) is 8.81. The van der Waals surface area contributed by atoms with Gasteiger partial charge in [0.05, 0.1) is 17.4 Å². The fourth-order valence-corrected chi connectivity index (χ4v) is 3.35. The zero-order chi connectivity index (χ0) is 13.8. The van der Waals surface area contributed by atoms with Crippen molar-refractivity contribution in [1.29, 1.82) is 0 Å². The predicted octanol–water partition coefficient (Wildman–Crippen LogP) is 4.40. The molecule has 0 bridgehead atoms. The first-order chi connectivity index (χ1) is 9.86. The van der Waals surface area contributed by atoms with E-state index in [9.17, 15) is 0 Å². The number of aromatic nitrogens is 2. The molecule has 0 aliphatic heterocycles. The molecule has 3 heteroatoms. The van der Waals surface area contributed by atoms with Gasteiger partial charge in [-0.3, -0.25) is 0 Å². The number of benzene rings is 1. The minimum absolute atomic E-state index is 0.593. The first-order valence-electron chi connectivity index (χ1n) is 7.83. The molecular formula is C17H23N3. The van der Waals surface area contributed by atoms with Crippen molar-refractivity contribution in [3.63, 3.8) is 0 Å². The molecule has 1 aliphatic rings. The van der Waals surface area contributed by atoms with Crippen LogP contribution in [0, 0.1) is 5.92 Å². The lowest BCUT2D eigenvalue weighted by Gasteiger charge is -2.29. The lowest BCUT2D eigenvalue weighted by molar-refractivity contribution is 0.319. The third-order valence-electron chi connectivity index (χ3n) is 4.45. The molecule has 1 fully saturated rings. The van der Waals surface area contributed by atoms with Gasteiger partial charge in [-0.2, -0.15) is 10.2 Å². The Morgan fingerprint density at radius 1 is 1.15 bits per heavy atom. The second-order valence-electron chi connectivity index (χ2n) is 5.93. The number of anilines is 1. The maximum absolute atomic E-state index is 4.18. The van der Waals surface area contributed by atoms with Gasteiger partial charge in [0.15, 0.2) is 0 Å². The highest BCUT2D eigenvalue weighted by Gasteiger charge is 2.20. The summed E-state index contributed by atoms with van der Waals surface area (Å²) in [5.41, 5.74) is 2.10. The quantitative estimate of drug-likeness (QED) is 0.894. The molecule has 20 heavy (non-hydrogen) atoms. The highest BCUT2D eigenvalue weighted by atomic mass is 15.1. The lowest BCUT2D eigenvalue weighted by Crippen LogP contribution is -2.26. The lowest BCUT2D eigenvalue weighted by atomic mass is 9.83. The maximum atomic E-state index is 4.18. The Bertz CT molecular complexity index is 554. The molecule has 1 aromatic carbocycles. The molecule has 1 N–H and O–H groups in total. The van der Waals surface area contributed by atoms with Gasteiger partial charge in [0.1, 0.15) is 0 Å². The second-order valence-corrected chi connectivity index (χ2v) is 5.93. The number of hydrogen-bond acceptors (Lipinski definition) is 3. The van der Waals surface area contributed by atoms with Crippen LogP contribution < -0.4 is 5.32 Å². The molecule has 0 unspecified atom stereocenters. The Labute approximate surface area is 120 Å². The third kappa shape index (κ3) is 2.92. The Morgan fingerprint density at radius 3 is 2.75 bits per heavy atom. The van der Waals surface area contributed by atoms with Crippen LogP contribution in [-0.4, -0.2) is 16.2 Å². The van der Waals surface area contributed by atoms with E-state index in [1.807, 2.05) is 18.3 Å². The van der Waals surface area contributed by atoms with Crippen molar-refractivity contribution in [2.24, 2.45) is 5.92 Å². The van der Waals surface area contributed by atoms with Gasteiger partial charge in [-0.05, 0) is 37.7 Å². The monoisotopic (exact) mass is 269 g/mol. The first-order valence-corrected chi connectivity index (χ1v) is 7.83. The molecule has 106 valence electrons. The molecule has 3 nitrogen and oxygen atoms in total. The fraction of sp³-hybridized carbons (Fsp3) is 0.529. The molecule has 1 heterocycles. The standard InChI is InChI=1S/C17H23N3/c1-2-5-13-8-10-14(11-9-13)19-17-12-18-20-16-7-4-3-6-15(16)17/h3-4,6-7,12-14H,2,5,8-11H2,1H3,(H,19,20). The van der Waals surface area contributed by atoms with Crippen molar-refractivity contribution in [3.8, 4) is 0 Å². The van der Waals surface area contributed by atoms with E-state index >= 15 is 0 Å². The van der Waals surface area contributed by atoms with Gasteiger partial charge >= 0.3 is 0 Å². The van der Waals surface area contributed by atoms with Crippen molar-refractivity contribution >= 4 is 16.6 Å². The zero-order valence-electron chi connectivity index (χ0n) is 12.2. The minimum atomic E-state index is 0.593. The summed E-state index contributed by atoms with van der Waals surface area (Å²) < 4.78 is 0. The average Bonchev–Trinajstić information content (AvgIpc) is 2.50. The van der Waals surface area contributed by atoms with E-state index in [-0.39, 0.29) is 0 Å². The van der Waals surface area contributed by atoms with E-state index in [1.165, 1.54) is 43.9 Å². The van der Waals surface area contributed by atoms with Crippen molar-refractivity contribution < 1.29 is 0 Å². The second kappa shape index (κ2) is 6.21. The Kier molecular flexibility index (Phi) is 4.14. The molecular weight excluding hydrogens is 246 g/mol. The van der Waals surface area contributed by atoms with Crippen LogP contribution in [-0.2, 0) is 0 Å². The summed E-state index contributed by atoms with van der Waals surface area (Å²) in [7, 11) is 0.